The van der Waals surface area contributed by atoms with Gasteiger partial charge in [-0.1, -0.05) is 24.3 Å². The number of phenols is 1. The van der Waals surface area contributed by atoms with Gasteiger partial charge in [0.25, 0.3) is 11.5 Å². The molecule has 0 aliphatic rings. The van der Waals surface area contributed by atoms with Gasteiger partial charge in [-0.25, -0.2) is 4.98 Å². The van der Waals surface area contributed by atoms with Gasteiger partial charge in [0.2, 0.25) is 5.95 Å². The Morgan fingerprint density at radius 2 is 1.88 bits per heavy atom. The van der Waals surface area contributed by atoms with Crippen LogP contribution in [-0.2, 0) is 6.54 Å². The van der Waals surface area contributed by atoms with Crippen molar-refractivity contribution in [2.45, 2.75) is 13.5 Å². The van der Waals surface area contributed by atoms with Crippen molar-refractivity contribution < 1.29 is 9.90 Å². The van der Waals surface area contributed by atoms with Gasteiger partial charge in [0.05, 0.1) is 16.5 Å². The molecule has 3 rings (SSSR count). The lowest BCUT2D eigenvalue weighted by atomic mass is 10.2. The average Bonchev–Trinajstić information content (AvgIpc) is 2.60. The van der Waals surface area contributed by atoms with Crippen LogP contribution < -0.4 is 16.4 Å². The molecule has 0 aliphatic heterocycles. The number of phenolic OH excluding ortho intramolecular Hbond substituents is 1. The van der Waals surface area contributed by atoms with E-state index in [-0.39, 0.29) is 22.8 Å². The van der Waals surface area contributed by atoms with Crippen LogP contribution in [0.25, 0.3) is 10.9 Å². The quantitative estimate of drug-likeness (QED) is 0.637. The second-order valence-electron chi connectivity index (χ2n) is 5.10. The Hall–Kier alpha value is -3.35. The number of nitrogens with zero attached hydrogens (tertiary/aromatic N) is 2. The molecular formula is C17H16N4O3. The van der Waals surface area contributed by atoms with E-state index < -0.39 is 5.91 Å². The molecule has 0 spiro atoms. The molecule has 0 bridgehead atoms. The summed E-state index contributed by atoms with van der Waals surface area (Å²) in [6.45, 7) is 2.21. The zero-order chi connectivity index (χ0) is 17.1. The minimum Gasteiger partial charge on any atom is -0.507 e. The molecule has 0 saturated carbocycles. The van der Waals surface area contributed by atoms with Crippen LogP contribution >= 0.6 is 0 Å². The van der Waals surface area contributed by atoms with E-state index in [0.717, 1.165) is 0 Å². The summed E-state index contributed by atoms with van der Waals surface area (Å²) in [4.78, 5) is 29.0. The lowest BCUT2D eigenvalue weighted by molar-refractivity contribution is 0.0959. The Labute approximate surface area is 137 Å². The highest BCUT2D eigenvalue weighted by molar-refractivity contribution is 5.97. The standard InChI is InChI=1S/C17H16N4O3/c1-2-21-16(24)11-7-3-5-9-13(11)18-17(21)20-19-15(23)12-8-4-6-10-14(12)22/h3-10,22H,2H2,1H3,(H,18,20)(H,19,23). The number of carbonyl (C=O) groups is 1. The third-order valence-corrected chi connectivity index (χ3v) is 3.61. The summed E-state index contributed by atoms with van der Waals surface area (Å²) < 4.78 is 1.42. The molecule has 2 aromatic carbocycles. The lowest BCUT2D eigenvalue weighted by Gasteiger charge is -2.14. The predicted octanol–water partition coefficient (Wildman–Crippen LogP) is 1.88. The van der Waals surface area contributed by atoms with Gasteiger partial charge < -0.3 is 5.11 Å². The molecular weight excluding hydrogens is 308 g/mol. The van der Waals surface area contributed by atoms with E-state index in [1.807, 2.05) is 6.92 Å². The number of fused-ring (bicyclic) bond motifs is 1. The van der Waals surface area contributed by atoms with Crippen molar-refractivity contribution >= 4 is 22.8 Å². The molecule has 3 aromatic rings. The zero-order valence-corrected chi connectivity index (χ0v) is 13.0. The number of aromatic nitrogens is 2. The maximum Gasteiger partial charge on any atom is 0.273 e. The van der Waals surface area contributed by atoms with Gasteiger partial charge >= 0.3 is 0 Å². The monoisotopic (exact) mass is 324 g/mol. The van der Waals surface area contributed by atoms with Crippen molar-refractivity contribution in [1.82, 2.24) is 15.0 Å². The third kappa shape index (κ3) is 2.79. The first kappa shape index (κ1) is 15.5. The first-order valence-corrected chi connectivity index (χ1v) is 7.45. The second kappa shape index (κ2) is 6.41. The summed E-state index contributed by atoms with van der Waals surface area (Å²) in [5, 5.41) is 10.2. The zero-order valence-electron chi connectivity index (χ0n) is 13.0. The second-order valence-corrected chi connectivity index (χ2v) is 5.10. The fourth-order valence-electron chi connectivity index (χ4n) is 2.40. The molecule has 7 heteroatoms. The molecule has 0 radical (unpaired) electrons. The van der Waals surface area contributed by atoms with Crippen molar-refractivity contribution in [3.05, 3.63) is 64.4 Å². The van der Waals surface area contributed by atoms with Crippen molar-refractivity contribution in [3.63, 3.8) is 0 Å². The Bertz CT molecular complexity index is 965. The summed E-state index contributed by atoms with van der Waals surface area (Å²) in [7, 11) is 0. The van der Waals surface area contributed by atoms with Gasteiger partial charge in [-0.15, -0.1) is 0 Å². The van der Waals surface area contributed by atoms with E-state index in [4.69, 9.17) is 0 Å². The van der Waals surface area contributed by atoms with Gasteiger partial charge in [-0.05, 0) is 31.2 Å². The van der Waals surface area contributed by atoms with Crippen molar-refractivity contribution in [3.8, 4) is 5.75 Å². The predicted molar refractivity (Wildman–Crippen MR) is 90.9 cm³/mol. The maximum absolute atomic E-state index is 12.5. The van der Waals surface area contributed by atoms with E-state index in [0.29, 0.717) is 17.4 Å². The Morgan fingerprint density at radius 3 is 2.62 bits per heavy atom. The van der Waals surface area contributed by atoms with Gasteiger partial charge in [0.15, 0.2) is 0 Å². The van der Waals surface area contributed by atoms with E-state index in [1.165, 1.54) is 16.7 Å². The van der Waals surface area contributed by atoms with Gasteiger partial charge in [-0.3, -0.25) is 25.0 Å². The highest BCUT2D eigenvalue weighted by Crippen LogP contribution is 2.15. The molecule has 0 saturated heterocycles. The Balaban J connectivity index is 1.91. The number of hydrogen-bond donors (Lipinski definition) is 3. The molecule has 122 valence electrons. The number of nitrogens with one attached hydrogen (secondary N) is 2. The number of benzene rings is 2. The fraction of sp³-hybridized carbons (Fsp3) is 0.118. The number of para-hydroxylation sites is 2. The molecule has 3 N–H and O–H groups in total. The van der Waals surface area contributed by atoms with E-state index in [9.17, 15) is 14.7 Å². The first-order valence-electron chi connectivity index (χ1n) is 7.45. The number of anilines is 1. The number of carbonyl (C=O) groups excluding carboxylic acids is 1. The lowest BCUT2D eigenvalue weighted by Crippen LogP contribution is -2.34. The molecule has 1 aromatic heterocycles. The molecule has 0 fully saturated rings. The van der Waals surface area contributed by atoms with Crippen LogP contribution in [0.5, 0.6) is 5.75 Å². The van der Waals surface area contributed by atoms with Crippen LogP contribution in [0.3, 0.4) is 0 Å². The minimum absolute atomic E-state index is 0.121. The number of amides is 1. The highest BCUT2D eigenvalue weighted by Gasteiger charge is 2.13. The van der Waals surface area contributed by atoms with E-state index >= 15 is 0 Å². The normalized spacial score (nSPS) is 10.5. The molecule has 1 heterocycles. The van der Waals surface area contributed by atoms with Crippen molar-refractivity contribution in [1.29, 1.82) is 0 Å². The minimum atomic E-state index is -0.529. The topological polar surface area (TPSA) is 96.2 Å². The van der Waals surface area contributed by atoms with Crippen molar-refractivity contribution in [2.24, 2.45) is 0 Å². The van der Waals surface area contributed by atoms with Gasteiger partial charge in [-0.2, -0.15) is 0 Å². The van der Waals surface area contributed by atoms with Crippen molar-refractivity contribution in [2.75, 3.05) is 5.43 Å². The molecule has 24 heavy (non-hydrogen) atoms. The van der Waals surface area contributed by atoms with Crippen LogP contribution in [0.4, 0.5) is 5.95 Å². The SMILES string of the molecule is CCn1c(NNC(=O)c2ccccc2O)nc2ccccc2c1=O. The largest absolute Gasteiger partial charge is 0.507 e. The summed E-state index contributed by atoms with van der Waals surface area (Å²) in [6, 6.07) is 13.2. The third-order valence-electron chi connectivity index (χ3n) is 3.61. The number of hydrazine groups is 1. The number of hydrogen-bond acceptors (Lipinski definition) is 5. The van der Waals surface area contributed by atoms with E-state index in [1.54, 1.807) is 36.4 Å². The van der Waals surface area contributed by atoms with Crippen LogP contribution in [0, 0.1) is 0 Å². The highest BCUT2D eigenvalue weighted by atomic mass is 16.3. The summed E-state index contributed by atoms with van der Waals surface area (Å²) in [5.41, 5.74) is 5.58. The summed E-state index contributed by atoms with van der Waals surface area (Å²) in [6.07, 6.45) is 0. The average molecular weight is 324 g/mol. The van der Waals surface area contributed by atoms with Crippen LogP contribution in [0.1, 0.15) is 17.3 Å². The molecule has 0 unspecified atom stereocenters. The summed E-state index contributed by atoms with van der Waals surface area (Å²) in [5.74, 6) is -0.431. The molecule has 7 nitrogen and oxygen atoms in total. The van der Waals surface area contributed by atoms with Crippen LogP contribution in [-0.4, -0.2) is 20.6 Å². The Kier molecular flexibility index (Phi) is 4.15. The molecule has 1 amide bonds. The Morgan fingerprint density at radius 1 is 1.17 bits per heavy atom. The smallest absolute Gasteiger partial charge is 0.273 e. The summed E-state index contributed by atoms with van der Waals surface area (Å²) >= 11 is 0. The maximum atomic E-state index is 12.5. The number of rotatable bonds is 4. The van der Waals surface area contributed by atoms with Crippen LogP contribution in [0.2, 0.25) is 0 Å². The first-order chi connectivity index (χ1) is 11.6. The van der Waals surface area contributed by atoms with Gasteiger partial charge in [0.1, 0.15) is 5.75 Å². The molecule has 0 atom stereocenters. The van der Waals surface area contributed by atoms with Crippen LogP contribution in [0.15, 0.2) is 53.3 Å². The number of aromatic hydroxyl groups is 1. The molecule has 0 aliphatic carbocycles. The van der Waals surface area contributed by atoms with E-state index in [2.05, 4.69) is 15.8 Å². The fourth-order valence-corrected chi connectivity index (χ4v) is 2.40. The van der Waals surface area contributed by atoms with Gasteiger partial charge in [0, 0.05) is 6.54 Å².